The van der Waals surface area contributed by atoms with Gasteiger partial charge in [0.05, 0.1) is 5.69 Å². The third-order valence-corrected chi connectivity index (χ3v) is 4.55. The van der Waals surface area contributed by atoms with E-state index in [9.17, 15) is 0 Å². The first-order valence-corrected chi connectivity index (χ1v) is 9.47. The van der Waals surface area contributed by atoms with E-state index < -0.39 is 9.04 Å². The highest BCUT2D eigenvalue weighted by atomic mass is 28.3. The van der Waals surface area contributed by atoms with E-state index in [0.717, 1.165) is 17.0 Å². The van der Waals surface area contributed by atoms with Crippen LogP contribution in [0.3, 0.4) is 0 Å². The first-order valence-electron chi connectivity index (χ1n) is 7.18. The van der Waals surface area contributed by atoms with E-state index in [0.29, 0.717) is 0 Å². The zero-order valence-electron chi connectivity index (χ0n) is 12.8. The van der Waals surface area contributed by atoms with E-state index in [2.05, 4.69) is 23.3 Å². The average molecular weight is 298 g/mol. The topological polar surface area (TPSA) is 48.1 Å². The fourth-order valence-electron chi connectivity index (χ4n) is 2.02. The predicted molar refractivity (Wildman–Crippen MR) is 90.7 cm³/mol. The molecule has 0 spiro atoms. The largest absolute Gasteiger partial charge is 0.543 e. The van der Waals surface area contributed by atoms with Gasteiger partial charge in [-0.3, -0.25) is 4.98 Å². The highest BCUT2D eigenvalue weighted by Crippen LogP contribution is 2.23. The van der Waals surface area contributed by atoms with Crippen molar-refractivity contribution < 1.29 is 4.43 Å². The molecule has 0 aliphatic carbocycles. The maximum Gasteiger partial charge on any atom is 0.257 e. The summed E-state index contributed by atoms with van der Waals surface area (Å²) < 4.78 is 6.10. The summed E-state index contributed by atoms with van der Waals surface area (Å²) in [6.45, 7) is 6.15. The molecule has 0 bridgehead atoms. The van der Waals surface area contributed by atoms with Gasteiger partial charge in [0.15, 0.2) is 0 Å². The Morgan fingerprint density at radius 1 is 1.24 bits per heavy atom. The normalized spacial score (nSPS) is 14.1. The van der Waals surface area contributed by atoms with Gasteiger partial charge in [-0.05, 0) is 44.2 Å². The monoisotopic (exact) mass is 298 g/mol. The summed E-state index contributed by atoms with van der Waals surface area (Å²) in [4.78, 5) is 4.36. The molecule has 0 fully saturated rings. The smallest absolute Gasteiger partial charge is 0.257 e. The minimum atomic E-state index is -1.46. The molecule has 0 aliphatic rings. The molecule has 3 nitrogen and oxygen atoms in total. The molecule has 1 aromatic heterocycles. The number of aryl methyl sites for hydroxylation is 1. The molecular weight excluding hydrogens is 276 g/mol. The summed E-state index contributed by atoms with van der Waals surface area (Å²) in [6.07, 6.45) is 3.91. The molecule has 2 atom stereocenters. The molecule has 2 unspecified atom stereocenters. The van der Waals surface area contributed by atoms with Crippen LogP contribution in [0.2, 0.25) is 6.55 Å². The van der Waals surface area contributed by atoms with Gasteiger partial charge in [0, 0.05) is 17.8 Å². The maximum absolute atomic E-state index is 6.10. The molecule has 0 saturated heterocycles. The Kier molecular flexibility index (Phi) is 5.30. The lowest BCUT2D eigenvalue weighted by molar-refractivity contribution is 0.567. The number of aromatic nitrogens is 1. The number of hydrogen-bond donors (Lipinski definition) is 1. The summed E-state index contributed by atoms with van der Waals surface area (Å²) in [5, 5.41) is 0. The number of para-hydroxylation sites is 1. The van der Waals surface area contributed by atoms with E-state index in [1.54, 1.807) is 0 Å². The zero-order valence-corrected chi connectivity index (χ0v) is 13.9. The van der Waals surface area contributed by atoms with Gasteiger partial charge in [-0.25, -0.2) is 0 Å². The predicted octanol–water partition coefficient (Wildman–Crippen LogP) is 3.39. The molecular formula is C17H22N2OSi. The summed E-state index contributed by atoms with van der Waals surface area (Å²) in [5.74, 6) is 0.896. The molecule has 1 aromatic carbocycles. The Morgan fingerprint density at radius 2 is 2.00 bits per heavy atom. The van der Waals surface area contributed by atoms with Crippen molar-refractivity contribution in [2.45, 2.75) is 26.4 Å². The van der Waals surface area contributed by atoms with Crippen LogP contribution in [0.15, 0.2) is 48.3 Å². The number of hydrogen-bond acceptors (Lipinski definition) is 3. The van der Waals surface area contributed by atoms with Gasteiger partial charge in [-0.15, -0.1) is 0 Å². The van der Waals surface area contributed by atoms with Gasteiger partial charge in [-0.2, -0.15) is 0 Å². The van der Waals surface area contributed by atoms with E-state index >= 15 is 0 Å². The highest BCUT2D eigenvalue weighted by molar-refractivity contribution is 6.57. The summed E-state index contributed by atoms with van der Waals surface area (Å²) in [6, 6.07) is 12.0. The second-order valence-electron chi connectivity index (χ2n) is 5.27. The van der Waals surface area contributed by atoms with Crippen LogP contribution in [0.1, 0.15) is 29.8 Å². The standard InChI is InChI=1S/C17H22N2OSi/c1-13-8-9-15(19-12-13)10-11-21(3)20-17-7-5-4-6-16(17)14(2)18/h4-12,14,21H,18H2,1-3H3/b11-10+. The molecule has 2 rings (SSSR count). The van der Waals surface area contributed by atoms with E-state index in [4.69, 9.17) is 10.2 Å². The van der Waals surface area contributed by atoms with Crippen molar-refractivity contribution in [2.75, 3.05) is 0 Å². The maximum atomic E-state index is 6.10. The Balaban J connectivity index is 2.05. The minimum absolute atomic E-state index is 0.0230. The summed E-state index contributed by atoms with van der Waals surface area (Å²) in [7, 11) is -1.46. The van der Waals surface area contributed by atoms with E-state index in [1.165, 1.54) is 5.56 Å². The fourth-order valence-corrected chi connectivity index (χ4v) is 3.18. The van der Waals surface area contributed by atoms with Crippen molar-refractivity contribution in [3.05, 3.63) is 65.1 Å². The van der Waals surface area contributed by atoms with Crippen molar-refractivity contribution in [2.24, 2.45) is 5.73 Å². The van der Waals surface area contributed by atoms with Gasteiger partial charge >= 0.3 is 0 Å². The van der Waals surface area contributed by atoms with Crippen molar-refractivity contribution >= 4 is 15.1 Å². The number of pyridine rings is 1. The molecule has 0 radical (unpaired) electrons. The second kappa shape index (κ2) is 7.20. The van der Waals surface area contributed by atoms with Crippen molar-refractivity contribution in [3.8, 4) is 5.75 Å². The summed E-state index contributed by atoms with van der Waals surface area (Å²) in [5.41, 5.74) is 11.3. The molecule has 4 heteroatoms. The van der Waals surface area contributed by atoms with Gasteiger partial charge in [-0.1, -0.05) is 30.0 Å². The second-order valence-corrected chi connectivity index (χ2v) is 7.30. The van der Waals surface area contributed by atoms with Crippen LogP contribution in [-0.4, -0.2) is 14.0 Å². The number of rotatable bonds is 5. The first-order chi connectivity index (χ1) is 10.1. The number of nitrogens with two attached hydrogens (primary N) is 1. The van der Waals surface area contributed by atoms with Crippen molar-refractivity contribution in [3.63, 3.8) is 0 Å². The molecule has 2 N–H and O–H groups in total. The number of nitrogens with zero attached hydrogens (tertiary/aromatic N) is 1. The third kappa shape index (κ3) is 4.55. The Morgan fingerprint density at radius 3 is 2.67 bits per heavy atom. The molecule has 2 aromatic rings. The SMILES string of the molecule is Cc1ccc(/C=C/[SiH](C)Oc2ccccc2C(C)N)nc1. The molecule has 110 valence electrons. The van der Waals surface area contributed by atoms with E-state index in [-0.39, 0.29) is 6.04 Å². The van der Waals surface area contributed by atoms with Crippen LogP contribution in [0.25, 0.3) is 6.08 Å². The van der Waals surface area contributed by atoms with Gasteiger partial charge in [0.2, 0.25) is 0 Å². The van der Waals surface area contributed by atoms with Crippen LogP contribution >= 0.6 is 0 Å². The molecule has 0 amide bonds. The molecule has 0 saturated carbocycles. The Bertz CT molecular complexity index is 608. The van der Waals surface area contributed by atoms with Gasteiger partial charge in [0.1, 0.15) is 5.75 Å². The highest BCUT2D eigenvalue weighted by Gasteiger charge is 2.09. The van der Waals surface area contributed by atoms with Crippen LogP contribution in [0.4, 0.5) is 0 Å². The fraction of sp³-hybridized carbons (Fsp3) is 0.235. The summed E-state index contributed by atoms with van der Waals surface area (Å²) >= 11 is 0. The quantitative estimate of drug-likeness (QED) is 0.861. The van der Waals surface area contributed by atoms with Crippen LogP contribution in [0.5, 0.6) is 5.75 Å². The third-order valence-electron chi connectivity index (χ3n) is 3.19. The first kappa shape index (κ1) is 15.5. The van der Waals surface area contributed by atoms with Crippen LogP contribution in [-0.2, 0) is 0 Å². The lowest BCUT2D eigenvalue weighted by atomic mass is 10.1. The Labute approximate surface area is 128 Å². The lowest BCUT2D eigenvalue weighted by Gasteiger charge is -2.16. The van der Waals surface area contributed by atoms with Gasteiger partial charge in [0.25, 0.3) is 9.04 Å². The van der Waals surface area contributed by atoms with Crippen molar-refractivity contribution in [1.29, 1.82) is 0 Å². The number of benzene rings is 1. The van der Waals surface area contributed by atoms with Crippen molar-refractivity contribution in [1.82, 2.24) is 4.98 Å². The molecule has 21 heavy (non-hydrogen) atoms. The zero-order chi connectivity index (χ0) is 15.2. The Hall–Kier alpha value is -1.91. The average Bonchev–Trinajstić information content (AvgIpc) is 2.47. The minimum Gasteiger partial charge on any atom is -0.543 e. The van der Waals surface area contributed by atoms with Crippen LogP contribution in [0, 0.1) is 6.92 Å². The van der Waals surface area contributed by atoms with Gasteiger partial charge < -0.3 is 10.2 Å². The molecule has 0 aliphatic heterocycles. The van der Waals surface area contributed by atoms with E-state index in [1.807, 2.05) is 56.5 Å². The van der Waals surface area contributed by atoms with Crippen LogP contribution < -0.4 is 10.2 Å². The lowest BCUT2D eigenvalue weighted by Crippen LogP contribution is -2.17. The molecule has 1 heterocycles.